The van der Waals surface area contributed by atoms with Crippen molar-refractivity contribution in [3.8, 4) is 0 Å². The number of hydrogen-bond donors (Lipinski definition) is 2. The number of amides is 1. The number of benzene rings is 2. The minimum atomic E-state index is 0.0369. The van der Waals surface area contributed by atoms with Crippen LogP contribution in [0.25, 0.3) is 0 Å². The number of halogens is 1. The van der Waals surface area contributed by atoms with Gasteiger partial charge in [-0.05, 0) is 49.6 Å². The summed E-state index contributed by atoms with van der Waals surface area (Å²) in [5, 5.41) is 6.99. The summed E-state index contributed by atoms with van der Waals surface area (Å²) in [5.74, 6) is 0.0369. The lowest BCUT2D eigenvalue weighted by Gasteiger charge is -2.14. The van der Waals surface area contributed by atoms with Gasteiger partial charge in [0.1, 0.15) is 0 Å². The van der Waals surface area contributed by atoms with Crippen molar-refractivity contribution >= 4 is 23.2 Å². The highest BCUT2D eigenvalue weighted by atomic mass is 35.5. The van der Waals surface area contributed by atoms with Gasteiger partial charge in [-0.25, -0.2) is 0 Å². The van der Waals surface area contributed by atoms with Crippen molar-refractivity contribution in [2.75, 3.05) is 11.9 Å². The van der Waals surface area contributed by atoms with Crippen LogP contribution >= 0.6 is 11.6 Å². The molecular weight excluding hydrogens is 308 g/mol. The topological polar surface area (TPSA) is 41.1 Å². The van der Waals surface area contributed by atoms with Gasteiger partial charge >= 0.3 is 0 Å². The van der Waals surface area contributed by atoms with Gasteiger partial charge in [0.05, 0.1) is 0 Å². The van der Waals surface area contributed by atoms with Crippen LogP contribution in [-0.4, -0.2) is 12.5 Å². The van der Waals surface area contributed by atoms with Gasteiger partial charge in [-0.2, -0.15) is 0 Å². The summed E-state index contributed by atoms with van der Waals surface area (Å²) < 4.78 is 0. The number of aryl methyl sites for hydroxylation is 3. The van der Waals surface area contributed by atoms with Gasteiger partial charge in [0.25, 0.3) is 0 Å². The van der Waals surface area contributed by atoms with E-state index in [2.05, 4.69) is 43.5 Å². The first-order valence-electron chi connectivity index (χ1n) is 7.78. The van der Waals surface area contributed by atoms with Crippen molar-refractivity contribution in [3.63, 3.8) is 0 Å². The summed E-state index contributed by atoms with van der Waals surface area (Å²) in [6.45, 7) is 7.41. The van der Waals surface area contributed by atoms with Crippen LogP contribution in [0.15, 0.2) is 36.4 Å². The van der Waals surface area contributed by atoms with E-state index >= 15 is 0 Å². The monoisotopic (exact) mass is 330 g/mol. The minimum Gasteiger partial charge on any atom is -0.384 e. The van der Waals surface area contributed by atoms with Crippen molar-refractivity contribution in [1.82, 2.24) is 5.32 Å². The van der Waals surface area contributed by atoms with Crippen LogP contribution in [0, 0.1) is 20.8 Å². The lowest BCUT2D eigenvalue weighted by molar-refractivity contribution is -0.121. The molecule has 23 heavy (non-hydrogen) atoms. The molecule has 1 amide bonds. The van der Waals surface area contributed by atoms with Crippen LogP contribution < -0.4 is 10.6 Å². The third-order valence-electron chi connectivity index (χ3n) is 3.73. The van der Waals surface area contributed by atoms with Gasteiger partial charge in [-0.3, -0.25) is 4.79 Å². The van der Waals surface area contributed by atoms with Crippen molar-refractivity contribution in [2.24, 2.45) is 0 Å². The standard InChI is InChI=1S/C19H23ClN2O/c1-13-10-14(2)19(15(3)11-13)21-9-8-18(23)22-12-16-4-6-17(20)7-5-16/h4-7,10-11,21H,8-9,12H2,1-3H3,(H,22,23). The average Bonchev–Trinajstić information content (AvgIpc) is 2.49. The Labute approximate surface area is 143 Å². The molecule has 0 aliphatic carbocycles. The molecule has 3 nitrogen and oxygen atoms in total. The van der Waals surface area contributed by atoms with Crippen LogP contribution in [0.4, 0.5) is 5.69 Å². The Morgan fingerprint density at radius 3 is 2.26 bits per heavy atom. The quantitative estimate of drug-likeness (QED) is 0.825. The van der Waals surface area contributed by atoms with Crippen LogP contribution in [0.3, 0.4) is 0 Å². The normalized spacial score (nSPS) is 10.4. The second-order valence-electron chi connectivity index (χ2n) is 5.85. The lowest BCUT2D eigenvalue weighted by Crippen LogP contribution is -2.25. The number of hydrogen-bond acceptors (Lipinski definition) is 2. The van der Waals surface area contributed by atoms with E-state index in [-0.39, 0.29) is 5.91 Å². The number of carbonyl (C=O) groups excluding carboxylic acids is 1. The zero-order chi connectivity index (χ0) is 16.8. The molecule has 0 atom stereocenters. The molecule has 0 bridgehead atoms. The summed E-state index contributed by atoms with van der Waals surface area (Å²) in [6, 6.07) is 11.8. The first kappa shape index (κ1) is 17.4. The first-order valence-corrected chi connectivity index (χ1v) is 8.16. The molecule has 0 aromatic heterocycles. The molecule has 0 saturated heterocycles. The summed E-state index contributed by atoms with van der Waals surface area (Å²) >= 11 is 5.84. The second-order valence-corrected chi connectivity index (χ2v) is 6.29. The van der Waals surface area contributed by atoms with Crippen molar-refractivity contribution in [3.05, 3.63) is 63.7 Å². The van der Waals surface area contributed by atoms with Crippen LogP contribution in [-0.2, 0) is 11.3 Å². The molecule has 122 valence electrons. The number of nitrogens with one attached hydrogen (secondary N) is 2. The SMILES string of the molecule is Cc1cc(C)c(NCCC(=O)NCc2ccc(Cl)cc2)c(C)c1. The number of rotatable bonds is 6. The van der Waals surface area contributed by atoms with Crippen molar-refractivity contribution in [2.45, 2.75) is 33.7 Å². The average molecular weight is 331 g/mol. The van der Waals surface area contributed by atoms with E-state index in [9.17, 15) is 4.79 Å². The highest BCUT2D eigenvalue weighted by molar-refractivity contribution is 6.30. The molecule has 0 heterocycles. The first-order chi connectivity index (χ1) is 11.0. The summed E-state index contributed by atoms with van der Waals surface area (Å²) in [5.41, 5.74) is 5.85. The van der Waals surface area contributed by atoms with E-state index in [4.69, 9.17) is 11.6 Å². The molecule has 2 rings (SSSR count). The summed E-state index contributed by atoms with van der Waals surface area (Å²) in [4.78, 5) is 11.9. The van der Waals surface area contributed by atoms with Gasteiger partial charge in [-0.15, -0.1) is 0 Å². The third-order valence-corrected chi connectivity index (χ3v) is 3.99. The number of carbonyl (C=O) groups is 1. The summed E-state index contributed by atoms with van der Waals surface area (Å²) in [7, 11) is 0. The van der Waals surface area contributed by atoms with Gasteiger partial charge in [0.15, 0.2) is 0 Å². The van der Waals surface area contributed by atoms with E-state index in [1.807, 2.05) is 24.3 Å². The zero-order valence-corrected chi connectivity index (χ0v) is 14.6. The highest BCUT2D eigenvalue weighted by Crippen LogP contribution is 2.21. The van der Waals surface area contributed by atoms with Crippen LogP contribution in [0.5, 0.6) is 0 Å². The van der Waals surface area contributed by atoms with Crippen molar-refractivity contribution in [1.29, 1.82) is 0 Å². The molecule has 0 saturated carbocycles. The van der Waals surface area contributed by atoms with Gasteiger partial charge in [0, 0.05) is 30.2 Å². The molecule has 0 aliphatic heterocycles. The Kier molecular flexibility index (Phi) is 6.05. The molecular formula is C19H23ClN2O. The molecule has 2 aromatic rings. The molecule has 0 unspecified atom stereocenters. The van der Waals surface area contributed by atoms with E-state index in [1.54, 1.807) is 0 Å². The predicted octanol–water partition coefficient (Wildman–Crippen LogP) is 4.38. The highest BCUT2D eigenvalue weighted by Gasteiger charge is 2.05. The van der Waals surface area contributed by atoms with Crippen LogP contribution in [0.1, 0.15) is 28.7 Å². The Hall–Kier alpha value is -2.00. The summed E-state index contributed by atoms with van der Waals surface area (Å²) in [6.07, 6.45) is 0.445. The Bertz CT molecular complexity index is 657. The fourth-order valence-electron chi connectivity index (χ4n) is 2.65. The van der Waals surface area contributed by atoms with E-state index in [0.29, 0.717) is 24.5 Å². The van der Waals surface area contributed by atoms with Gasteiger partial charge < -0.3 is 10.6 Å². The Morgan fingerprint density at radius 1 is 1.04 bits per heavy atom. The lowest BCUT2D eigenvalue weighted by atomic mass is 10.1. The van der Waals surface area contributed by atoms with E-state index in [1.165, 1.54) is 16.7 Å². The molecule has 0 fully saturated rings. The number of anilines is 1. The Morgan fingerprint density at radius 2 is 1.65 bits per heavy atom. The van der Waals surface area contributed by atoms with Gasteiger partial charge in [0.2, 0.25) is 5.91 Å². The van der Waals surface area contributed by atoms with E-state index < -0.39 is 0 Å². The molecule has 2 aromatic carbocycles. The van der Waals surface area contributed by atoms with Crippen LogP contribution in [0.2, 0.25) is 5.02 Å². The Balaban J connectivity index is 1.78. The maximum absolute atomic E-state index is 11.9. The predicted molar refractivity (Wildman–Crippen MR) is 97.1 cm³/mol. The van der Waals surface area contributed by atoms with Crippen molar-refractivity contribution < 1.29 is 4.79 Å². The molecule has 2 N–H and O–H groups in total. The molecule has 0 aliphatic rings. The zero-order valence-electron chi connectivity index (χ0n) is 13.9. The molecule has 0 radical (unpaired) electrons. The fourth-order valence-corrected chi connectivity index (χ4v) is 2.78. The fraction of sp³-hybridized carbons (Fsp3) is 0.316. The third kappa shape index (κ3) is 5.29. The molecule has 0 spiro atoms. The minimum absolute atomic E-state index is 0.0369. The smallest absolute Gasteiger partial charge is 0.222 e. The largest absolute Gasteiger partial charge is 0.384 e. The maximum atomic E-state index is 11.9. The molecule has 4 heteroatoms. The second kappa shape index (κ2) is 8.02. The van der Waals surface area contributed by atoms with Gasteiger partial charge in [-0.1, -0.05) is 41.4 Å². The maximum Gasteiger partial charge on any atom is 0.222 e. The van der Waals surface area contributed by atoms with E-state index in [0.717, 1.165) is 11.3 Å².